The van der Waals surface area contributed by atoms with Crippen molar-refractivity contribution in [2.75, 3.05) is 5.01 Å². The van der Waals surface area contributed by atoms with Crippen LogP contribution in [0, 0.1) is 0 Å². The number of amides is 2. The van der Waals surface area contributed by atoms with E-state index in [9.17, 15) is 9.59 Å². The highest BCUT2D eigenvalue weighted by molar-refractivity contribution is 6.30. The average molecular weight is 289 g/mol. The first-order chi connectivity index (χ1) is 9.58. The number of benzene rings is 2. The van der Waals surface area contributed by atoms with Gasteiger partial charge in [0.15, 0.2) is 0 Å². The van der Waals surface area contributed by atoms with Gasteiger partial charge in [-0.15, -0.1) is 0 Å². The number of carbonyl (C=O) groups is 2. The molecule has 0 bridgehead atoms. The number of hydrogen-bond donors (Lipinski definition) is 1. The summed E-state index contributed by atoms with van der Waals surface area (Å²) in [4.78, 5) is 23.8. The first kappa shape index (κ1) is 14.1. The monoisotopic (exact) mass is 288 g/mol. The van der Waals surface area contributed by atoms with Crippen LogP contribution < -0.4 is 10.4 Å². The number of anilines is 1. The van der Waals surface area contributed by atoms with Crippen molar-refractivity contribution in [2.45, 2.75) is 6.92 Å². The SMILES string of the molecule is CC(=O)NN(C(=O)c1ccc(Cl)cc1)c1ccccc1. The highest BCUT2D eigenvalue weighted by Gasteiger charge is 2.18. The second-order valence-electron chi connectivity index (χ2n) is 4.15. The van der Waals surface area contributed by atoms with E-state index in [-0.39, 0.29) is 11.8 Å². The molecule has 0 saturated carbocycles. The van der Waals surface area contributed by atoms with Crippen molar-refractivity contribution in [3.05, 3.63) is 65.2 Å². The van der Waals surface area contributed by atoms with Gasteiger partial charge in [0.2, 0.25) is 5.91 Å². The highest BCUT2D eigenvalue weighted by Crippen LogP contribution is 2.16. The fourth-order valence-corrected chi connectivity index (χ4v) is 1.81. The van der Waals surface area contributed by atoms with Gasteiger partial charge in [-0.2, -0.15) is 0 Å². The van der Waals surface area contributed by atoms with E-state index in [1.54, 1.807) is 48.5 Å². The van der Waals surface area contributed by atoms with Gasteiger partial charge in [-0.05, 0) is 36.4 Å². The molecule has 0 aromatic heterocycles. The lowest BCUT2D eigenvalue weighted by molar-refractivity contribution is -0.119. The third kappa shape index (κ3) is 3.36. The van der Waals surface area contributed by atoms with Crippen LogP contribution in [0.4, 0.5) is 5.69 Å². The largest absolute Gasteiger partial charge is 0.277 e. The molecule has 0 unspecified atom stereocenters. The molecule has 0 fully saturated rings. The van der Waals surface area contributed by atoms with Crippen LogP contribution in [0.3, 0.4) is 0 Å². The zero-order valence-electron chi connectivity index (χ0n) is 10.8. The quantitative estimate of drug-likeness (QED) is 0.864. The van der Waals surface area contributed by atoms with Crippen molar-refractivity contribution in [1.29, 1.82) is 0 Å². The highest BCUT2D eigenvalue weighted by atomic mass is 35.5. The molecule has 0 heterocycles. The summed E-state index contributed by atoms with van der Waals surface area (Å²) in [6, 6.07) is 15.4. The number of halogens is 1. The van der Waals surface area contributed by atoms with Crippen LogP contribution in [-0.2, 0) is 4.79 Å². The lowest BCUT2D eigenvalue weighted by Crippen LogP contribution is -2.45. The molecule has 0 saturated heterocycles. The topological polar surface area (TPSA) is 49.4 Å². The molecule has 0 atom stereocenters. The fraction of sp³-hybridized carbons (Fsp3) is 0.0667. The van der Waals surface area contributed by atoms with Crippen molar-refractivity contribution >= 4 is 29.1 Å². The zero-order chi connectivity index (χ0) is 14.5. The summed E-state index contributed by atoms with van der Waals surface area (Å²) in [7, 11) is 0. The van der Waals surface area contributed by atoms with Gasteiger partial charge in [0, 0.05) is 17.5 Å². The Morgan fingerprint density at radius 2 is 1.60 bits per heavy atom. The molecule has 102 valence electrons. The van der Waals surface area contributed by atoms with E-state index in [1.165, 1.54) is 11.9 Å². The molecular weight excluding hydrogens is 276 g/mol. The minimum Gasteiger partial charge on any atom is -0.274 e. The summed E-state index contributed by atoms with van der Waals surface area (Å²) in [5.74, 6) is -0.653. The van der Waals surface area contributed by atoms with E-state index in [0.717, 1.165) is 0 Å². The van der Waals surface area contributed by atoms with Gasteiger partial charge in [-0.3, -0.25) is 15.0 Å². The molecule has 2 rings (SSSR count). The van der Waals surface area contributed by atoms with Crippen molar-refractivity contribution in [1.82, 2.24) is 5.43 Å². The summed E-state index contributed by atoms with van der Waals surface area (Å²) < 4.78 is 0. The second kappa shape index (κ2) is 6.21. The van der Waals surface area contributed by atoms with E-state index in [4.69, 9.17) is 11.6 Å². The molecule has 0 radical (unpaired) electrons. The molecule has 2 aromatic rings. The number of nitrogens with one attached hydrogen (secondary N) is 1. The van der Waals surface area contributed by atoms with Crippen molar-refractivity contribution < 1.29 is 9.59 Å². The third-order valence-corrected chi connectivity index (χ3v) is 2.83. The predicted octanol–water partition coefficient (Wildman–Crippen LogP) is 3.04. The minimum absolute atomic E-state index is 0.323. The van der Waals surface area contributed by atoms with Crippen molar-refractivity contribution in [3.8, 4) is 0 Å². The van der Waals surface area contributed by atoms with Gasteiger partial charge in [0.1, 0.15) is 0 Å². The molecule has 20 heavy (non-hydrogen) atoms. The molecule has 2 aromatic carbocycles. The van der Waals surface area contributed by atoms with E-state index in [0.29, 0.717) is 16.3 Å². The van der Waals surface area contributed by atoms with Gasteiger partial charge in [0.05, 0.1) is 5.69 Å². The third-order valence-electron chi connectivity index (χ3n) is 2.58. The Labute approximate surface area is 121 Å². The van der Waals surface area contributed by atoms with E-state index >= 15 is 0 Å². The first-order valence-electron chi connectivity index (χ1n) is 6.00. The summed E-state index contributed by atoms with van der Waals surface area (Å²) in [5.41, 5.74) is 3.54. The minimum atomic E-state index is -0.330. The smallest absolute Gasteiger partial charge is 0.274 e. The molecule has 4 nitrogen and oxygen atoms in total. The maximum atomic E-state index is 12.5. The maximum Gasteiger partial charge on any atom is 0.277 e. The number of para-hydroxylation sites is 1. The van der Waals surface area contributed by atoms with Crippen LogP contribution in [-0.4, -0.2) is 11.8 Å². The normalized spacial score (nSPS) is 9.90. The van der Waals surface area contributed by atoms with Crippen LogP contribution in [0.15, 0.2) is 54.6 Å². The van der Waals surface area contributed by atoms with Gasteiger partial charge in [0.25, 0.3) is 5.91 Å². The lowest BCUT2D eigenvalue weighted by atomic mass is 10.2. The first-order valence-corrected chi connectivity index (χ1v) is 6.38. The van der Waals surface area contributed by atoms with Crippen LogP contribution >= 0.6 is 11.6 Å². The van der Waals surface area contributed by atoms with Crippen molar-refractivity contribution in [3.63, 3.8) is 0 Å². The summed E-state index contributed by atoms with van der Waals surface area (Å²) in [6.45, 7) is 1.35. The van der Waals surface area contributed by atoms with Crippen LogP contribution in [0.1, 0.15) is 17.3 Å². The average Bonchev–Trinajstić information content (AvgIpc) is 2.45. The Morgan fingerprint density at radius 3 is 2.15 bits per heavy atom. The number of nitrogens with zero attached hydrogens (tertiary/aromatic N) is 1. The van der Waals surface area contributed by atoms with Gasteiger partial charge < -0.3 is 0 Å². The van der Waals surface area contributed by atoms with Gasteiger partial charge in [-0.25, -0.2) is 5.01 Å². The number of hydrogen-bond acceptors (Lipinski definition) is 2. The van der Waals surface area contributed by atoms with E-state index < -0.39 is 0 Å². The zero-order valence-corrected chi connectivity index (χ0v) is 11.6. The molecule has 0 aliphatic carbocycles. The number of rotatable bonds is 2. The standard InChI is InChI=1S/C15H13ClN2O2/c1-11(19)17-18(14-5-3-2-4-6-14)15(20)12-7-9-13(16)10-8-12/h2-10H,1H3,(H,17,19). The molecule has 1 N–H and O–H groups in total. The molecule has 0 aliphatic heterocycles. The lowest BCUT2D eigenvalue weighted by Gasteiger charge is -2.22. The van der Waals surface area contributed by atoms with Crippen LogP contribution in [0.2, 0.25) is 5.02 Å². The number of carbonyl (C=O) groups excluding carboxylic acids is 2. The van der Waals surface area contributed by atoms with Crippen LogP contribution in [0.25, 0.3) is 0 Å². The summed E-state index contributed by atoms with van der Waals surface area (Å²) >= 11 is 5.80. The fourth-order valence-electron chi connectivity index (χ4n) is 1.69. The Balaban J connectivity index is 2.34. The molecular formula is C15H13ClN2O2. The Hall–Kier alpha value is -2.33. The molecule has 0 spiro atoms. The van der Waals surface area contributed by atoms with Gasteiger partial charge >= 0.3 is 0 Å². The molecule has 0 aliphatic rings. The maximum absolute atomic E-state index is 12.5. The Bertz CT molecular complexity index is 612. The Morgan fingerprint density at radius 1 is 1.00 bits per heavy atom. The van der Waals surface area contributed by atoms with Crippen molar-refractivity contribution in [2.24, 2.45) is 0 Å². The summed E-state index contributed by atoms with van der Waals surface area (Å²) in [6.07, 6.45) is 0. The van der Waals surface area contributed by atoms with E-state index in [1.807, 2.05) is 6.07 Å². The van der Waals surface area contributed by atoms with Gasteiger partial charge in [-0.1, -0.05) is 29.8 Å². The summed E-state index contributed by atoms with van der Waals surface area (Å²) in [5, 5.41) is 1.76. The Kier molecular flexibility index (Phi) is 4.38. The van der Waals surface area contributed by atoms with E-state index in [2.05, 4.69) is 5.43 Å². The van der Waals surface area contributed by atoms with Crippen LogP contribution in [0.5, 0.6) is 0 Å². The molecule has 5 heteroatoms. The second-order valence-corrected chi connectivity index (χ2v) is 4.59. The number of hydrazine groups is 1. The molecule has 2 amide bonds. The predicted molar refractivity (Wildman–Crippen MR) is 78.5 cm³/mol.